The van der Waals surface area contributed by atoms with Crippen molar-refractivity contribution in [3.63, 3.8) is 0 Å². The van der Waals surface area contributed by atoms with Crippen molar-refractivity contribution in [3.8, 4) is 11.6 Å². The normalized spacial score (nSPS) is 18.8. The number of ether oxygens (including phenoxy) is 3. The number of carbonyl (C=O) groups is 3. The molecule has 2 bridgehead atoms. The molecule has 0 unspecified atom stereocenters. The van der Waals surface area contributed by atoms with Crippen molar-refractivity contribution in [2.75, 3.05) is 33.4 Å². The van der Waals surface area contributed by atoms with Crippen LogP contribution in [0.1, 0.15) is 24.0 Å². The lowest BCUT2D eigenvalue weighted by Gasteiger charge is -2.48. The van der Waals surface area contributed by atoms with Gasteiger partial charge in [0.15, 0.2) is 0 Å². The Morgan fingerprint density at radius 2 is 1.82 bits per heavy atom. The molecular formula is C26H29N3O9. The summed E-state index contributed by atoms with van der Waals surface area (Å²) in [4.78, 5) is 42.0. The molecule has 1 aromatic carbocycles. The maximum atomic E-state index is 12.2. The Hall–Kier alpha value is -4.32. The summed E-state index contributed by atoms with van der Waals surface area (Å²) >= 11 is 0. The molecule has 3 N–H and O–H groups in total. The minimum atomic E-state index is -1.30. The minimum absolute atomic E-state index is 0.0394. The number of carboxylic acids is 1. The average Bonchev–Trinajstić information content (AvgIpc) is 2.89. The third-order valence-electron chi connectivity index (χ3n) is 6.59. The molecule has 1 aromatic heterocycles. The molecule has 202 valence electrons. The number of hydrogen-bond donors (Lipinski definition) is 3. The van der Waals surface area contributed by atoms with E-state index >= 15 is 0 Å². The lowest BCUT2D eigenvalue weighted by Crippen LogP contribution is -2.64. The number of piperazine rings is 1. The number of aliphatic carboxylic acids is 1. The molecule has 12 nitrogen and oxygen atoms in total. The summed E-state index contributed by atoms with van der Waals surface area (Å²) < 4.78 is 16.7. The Labute approximate surface area is 218 Å². The van der Waals surface area contributed by atoms with Crippen LogP contribution in [-0.2, 0) is 16.1 Å². The molecule has 12 heteroatoms. The summed E-state index contributed by atoms with van der Waals surface area (Å²) in [7, 11) is 1.61. The van der Waals surface area contributed by atoms with Gasteiger partial charge in [0.1, 0.15) is 5.75 Å². The number of carboxylic acid groups (broad SMARTS) is 3. The van der Waals surface area contributed by atoms with Gasteiger partial charge in [0.05, 0.1) is 44.6 Å². The number of hydrogen-bond acceptors (Lipinski definition) is 7. The molecule has 2 aliphatic heterocycles. The van der Waals surface area contributed by atoms with Crippen molar-refractivity contribution < 1.29 is 43.9 Å². The molecule has 3 heterocycles. The van der Waals surface area contributed by atoms with Crippen LogP contribution >= 0.6 is 0 Å². The lowest BCUT2D eigenvalue weighted by molar-refractivity contribution is -0.133. The van der Waals surface area contributed by atoms with Crippen LogP contribution in [0.25, 0.3) is 5.57 Å². The third-order valence-corrected chi connectivity index (χ3v) is 6.59. The Balaban J connectivity index is 1.38. The number of benzene rings is 1. The molecule has 0 aliphatic carbocycles. The van der Waals surface area contributed by atoms with Gasteiger partial charge in [-0.3, -0.25) is 4.90 Å². The Bertz CT molecular complexity index is 1210. The second kappa shape index (κ2) is 11.8. The highest BCUT2D eigenvalue weighted by molar-refractivity contribution is 5.99. The topological polar surface area (TPSA) is 159 Å². The van der Waals surface area contributed by atoms with Crippen molar-refractivity contribution in [2.24, 2.45) is 0 Å². The van der Waals surface area contributed by atoms with E-state index in [1.54, 1.807) is 19.2 Å². The number of amides is 2. The summed E-state index contributed by atoms with van der Waals surface area (Å²) in [5.74, 6) is -0.169. The highest BCUT2D eigenvalue weighted by Gasteiger charge is 2.47. The highest BCUT2D eigenvalue weighted by Crippen LogP contribution is 2.38. The summed E-state index contributed by atoms with van der Waals surface area (Å²) in [6, 6.07) is 9.11. The van der Waals surface area contributed by atoms with Crippen LogP contribution < -0.4 is 9.47 Å². The zero-order valence-corrected chi connectivity index (χ0v) is 20.8. The van der Waals surface area contributed by atoms with Crippen molar-refractivity contribution >= 4 is 23.7 Å². The lowest BCUT2D eigenvalue weighted by atomic mass is 9.82. The molecule has 0 radical (unpaired) electrons. The molecule has 4 rings (SSSR count). The number of rotatable bonds is 10. The van der Waals surface area contributed by atoms with Gasteiger partial charge in [-0.2, -0.15) is 0 Å². The molecule has 38 heavy (non-hydrogen) atoms. The SMILES string of the molecule is COc1ccccc1COCCCOc1ccc(C2=C(C(=O)O)[C@H]3CN(C(=O)O)C[C@@H](C2)N3C(=O)O)cn1. The van der Waals surface area contributed by atoms with Crippen LogP contribution in [0, 0.1) is 0 Å². The van der Waals surface area contributed by atoms with Gasteiger partial charge in [-0.1, -0.05) is 18.2 Å². The predicted molar refractivity (Wildman–Crippen MR) is 133 cm³/mol. The molecule has 2 aromatic rings. The Morgan fingerprint density at radius 1 is 1.03 bits per heavy atom. The second-order valence-electron chi connectivity index (χ2n) is 8.90. The van der Waals surface area contributed by atoms with E-state index in [-0.39, 0.29) is 25.1 Å². The molecule has 0 spiro atoms. The molecule has 1 fully saturated rings. The van der Waals surface area contributed by atoms with Crippen LogP contribution in [0.5, 0.6) is 11.6 Å². The fourth-order valence-corrected chi connectivity index (χ4v) is 4.88. The van der Waals surface area contributed by atoms with Gasteiger partial charge in [-0.05, 0) is 29.7 Å². The smallest absolute Gasteiger partial charge is 0.408 e. The van der Waals surface area contributed by atoms with E-state index in [4.69, 9.17) is 14.2 Å². The van der Waals surface area contributed by atoms with Crippen LogP contribution in [0.15, 0.2) is 48.2 Å². The van der Waals surface area contributed by atoms with Crippen molar-refractivity contribution in [3.05, 3.63) is 59.3 Å². The molecule has 1 saturated heterocycles. The summed E-state index contributed by atoms with van der Waals surface area (Å²) in [6.07, 6.45) is -0.323. The van der Waals surface area contributed by atoms with Crippen molar-refractivity contribution in [1.29, 1.82) is 0 Å². The zero-order valence-electron chi connectivity index (χ0n) is 20.8. The average molecular weight is 528 g/mol. The fourth-order valence-electron chi connectivity index (χ4n) is 4.88. The number of nitrogens with zero attached hydrogens (tertiary/aromatic N) is 3. The number of aromatic nitrogens is 1. The van der Waals surface area contributed by atoms with Crippen molar-refractivity contribution in [2.45, 2.75) is 31.5 Å². The molecule has 2 atom stereocenters. The van der Waals surface area contributed by atoms with Crippen LogP contribution in [0.3, 0.4) is 0 Å². The molecule has 2 amide bonds. The first-order valence-electron chi connectivity index (χ1n) is 12.0. The third kappa shape index (κ3) is 5.80. The Morgan fingerprint density at radius 3 is 2.47 bits per heavy atom. The first-order chi connectivity index (χ1) is 18.3. The van der Waals surface area contributed by atoms with Gasteiger partial charge < -0.3 is 34.4 Å². The molecule has 0 saturated carbocycles. The van der Waals surface area contributed by atoms with E-state index in [2.05, 4.69) is 4.98 Å². The number of fused-ring (bicyclic) bond motifs is 2. The van der Waals surface area contributed by atoms with E-state index in [1.165, 1.54) is 6.20 Å². The Kier molecular flexibility index (Phi) is 8.31. The van der Waals surface area contributed by atoms with Gasteiger partial charge in [-0.25, -0.2) is 19.4 Å². The quantitative estimate of drug-likeness (QED) is 0.392. The largest absolute Gasteiger partial charge is 0.496 e. The fraction of sp³-hybridized carbons (Fsp3) is 0.385. The van der Waals surface area contributed by atoms with E-state index < -0.39 is 30.2 Å². The predicted octanol–water partition coefficient (Wildman–Crippen LogP) is 3.03. The van der Waals surface area contributed by atoms with Crippen LogP contribution in [0.2, 0.25) is 0 Å². The molecular weight excluding hydrogens is 498 g/mol. The highest BCUT2D eigenvalue weighted by atomic mass is 16.5. The first-order valence-corrected chi connectivity index (χ1v) is 12.0. The summed E-state index contributed by atoms with van der Waals surface area (Å²) in [5, 5.41) is 29.0. The van der Waals surface area contributed by atoms with E-state index in [0.29, 0.717) is 43.3 Å². The number of para-hydroxylation sites is 1. The maximum absolute atomic E-state index is 12.2. The monoisotopic (exact) mass is 527 g/mol. The van der Waals surface area contributed by atoms with Gasteiger partial charge in [0.25, 0.3) is 0 Å². The van der Waals surface area contributed by atoms with Crippen LogP contribution in [0.4, 0.5) is 9.59 Å². The minimum Gasteiger partial charge on any atom is -0.496 e. The van der Waals surface area contributed by atoms with E-state index in [0.717, 1.165) is 21.1 Å². The zero-order chi connectivity index (χ0) is 27.2. The van der Waals surface area contributed by atoms with E-state index in [1.807, 2.05) is 24.3 Å². The second-order valence-corrected chi connectivity index (χ2v) is 8.90. The van der Waals surface area contributed by atoms with Gasteiger partial charge in [-0.15, -0.1) is 0 Å². The van der Waals surface area contributed by atoms with Crippen molar-refractivity contribution in [1.82, 2.24) is 14.8 Å². The standard InChI is InChI=1S/C26H29N3O9/c1-36-21-6-3-2-5-17(21)15-37-9-4-10-38-22-8-7-16(12-27-22)19-11-18-13-28(25(32)33)14-20(23(19)24(30)31)29(18)26(34)35/h2-3,5-8,12,18,20H,4,9-11,13-15H2,1H3,(H,30,31)(H,32,33)(H,34,35)/t18-,20-/m1/s1. The molecule has 2 aliphatic rings. The van der Waals surface area contributed by atoms with Gasteiger partial charge in [0, 0.05) is 37.3 Å². The van der Waals surface area contributed by atoms with Gasteiger partial charge in [0.2, 0.25) is 5.88 Å². The summed E-state index contributed by atoms with van der Waals surface area (Å²) in [5.41, 5.74) is 1.78. The summed E-state index contributed by atoms with van der Waals surface area (Å²) in [6.45, 7) is 0.966. The number of pyridine rings is 1. The maximum Gasteiger partial charge on any atom is 0.408 e. The van der Waals surface area contributed by atoms with Gasteiger partial charge >= 0.3 is 18.2 Å². The first kappa shape index (κ1) is 26.7. The van der Waals surface area contributed by atoms with E-state index in [9.17, 15) is 29.7 Å². The number of methoxy groups -OCH3 is 1. The van der Waals surface area contributed by atoms with Crippen LogP contribution in [-0.4, -0.2) is 93.8 Å².